The van der Waals surface area contributed by atoms with E-state index in [1.807, 2.05) is 0 Å². The molecule has 1 aliphatic heterocycles. The molecule has 0 aliphatic carbocycles. The van der Waals surface area contributed by atoms with Gasteiger partial charge < -0.3 is 4.90 Å². The molecule has 0 N–H and O–H groups in total. The first kappa shape index (κ1) is 13.4. The molecule has 1 fully saturated rings. The Balaban J connectivity index is 2.23. The number of thiol groups is 1. The zero-order valence-corrected chi connectivity index (χ0v) is 11.5. The fraction of sp³-hybridized carbons (Fsp3) is 1.00. The van der Waals surface area contributed by atoms with Crippen molar-refractivity contribution in [1.82, 2.24) is 4.90 Å². The normalized spacial score (nSPS) is 30.4. The quantitative estimate of drug-likeness (QED) is 0.707. The predicted molar refractivity (Wildman–Crippen MR) is 71.7 cm³/mol. The SMILES string of the molecule is CC(CCS)CCN1CC(C)CCC1C. The molecule has 1 heterocycles. The Bertz CT molecular complexity index is 172. The lowest BCUT2D eigenvalue weighted by Gasteiger charge is -2.37. The summed E-state index contributed by atoms with van der Waals surface area (Å²) in [6.45, 7) is 9.73. The molecule has 1 rings (SSSR count). The zero-order chi connectivity index (χ0) is 11.3. The van der Waals surface area contributed by atoms with Crippen molar-refractivity contribution < 1.29 is 0 Å². The Hall–Kier alpha value is 0.310. The highest BCUT2D eigenvalue weighted by molar-refractivity contribution is 7.80. The Morgan fingerprint density at radius 2 is 2.00 bits per heavy atom. The average Bonchev–Trinajstić information content (AvgIpc) is 2.20. The molecule has 2 heteroatoms. The van der Waals surface area contributed by atoms with Gasteiger partial charge in [-0.1, -0.05) is 13.8 Å². The van der Waals surface area contributed by atoms with Crippen molar-refractivity contribution >= 4 is 12.6 Å². The van der Waals surface area contributed by atoms with Gasteiger partial charge in [-0.05, 0) is 56.7 Å². The molecule has 1 aliphatic rings. The van der Waals surface area contributed by atoms with Gasteiger partial charge in [0, 0.05) is 12.6 Å². The van der Waals surface area contributed by atoms with Crippen molar-refractivity contribution in [2.45, 2.75) is 52.5 Å². The molecule has 0 radical (unpaired) electrons. The third-order valence-electron chi connectivity index (χ3n) is 3.78. The minimum absolute atomic E-state index is 0.810. The van der Waals surface area contributed by atoms with E-state index in [0.717, 1.165) is 23.6 Å². The maximum absolute atomic E-state index is 4.30. The molecule has 1 saturated heterocycles. The van der Waals surface area contributed by atoms with Crippen LogP contribution in [0.1, 0.15) is 46.5 Å². The van der Waals surface area contributed by atoms with Gasteiger partial charge in [0.2, 0.25) is 0 Å². The first-order chi connectivity index (χ1) is 7.13. The summed E-state index contributed by atoms with van der Waals surface area (Å²) in [7, 11) is 0. The highest BCUT2D eigenvalue weighted by Gasteiger charge is 2.22. The van der Waals surface area contributed by atoms with Crippen molar-refractivity contribution in [1.29, 1.82) is 0 Å². The molecule has 0 aromatic heterocycles. The van der Waals surface area contributed by atoms with Crippen LogP contribution < -0.4 is 0 Å². The number of likely N-dealkylation sites (tertiary alicyclic amines) is 1. The summed E-state index contributed by atoms with van der Waals surface area (Å²) in [5.74, 6) is 2.78. The topological polar surface area (TPSA) is 3.24 Å². The second kappa shape index (κ2) is 6.80. The van der Waals surface area contributed by atoms with Gasteiger partial charge in [-0.15, -0.1) is 0 Å². The maximum atomic E-state index is 4.30. The number of piperidine rings is 1. The molecule has 1 nitrogen and oxygen atoms in total. The summed E-state index contributed by atoms with van der Waals surface area (Å²) in [4.78, 5) is 2.68. The van der Waals surface area contributed by atoms with Crippen LogP contribution in [-0.4, -0.2) is 29.8 Å². The van der Waals surface area contributed by atoms with Crippen LogP contribution in [0.4, 0.5) is 0 Å². The molecule has 90 valence electrons. The number of hydrogen-bond donors (Lipinski definition) is 1. The fourth-order valence-electron chi connectivity index (χ4n) is 2.44. The van der Waals surface area contributed by atoms with E-state index >= 15 is 0 Å². The third kappa shape index (κ3) is 4.78. The summed E-state index contributed by atoms with van der Waals surface area (Å²) in [6.07, 6.45) is 5.42. The van der Waals surface area contributed by atoms with Crippen molar-refractivity contribution in [3.8, 4) is 0 Å². The molecule has 0 amide bonds. The lowest BCUT2D eigenvalue weighted by Crippen LogP contribution is -2.41. The molecule has 0 saturated carbocycles. The number of nitrogens with zero attached hydrogens (tertiary/aromatic N) is 1. The number of rotatable bonds is 5. The fourth-order valence-corrected chi connectivity index (χ4v) is 2.88. The summed E-state index contributed by atoms with van der Waals surface area (Å²) < 4.78 is 0. The van der Waals surface area contributed by atoms with Crippen molar-refractivity contribution in [2.24, 2.45) is 11.8 Å². The molecule has 0 aromatic rings. The van der Waals surface area contributed by atoms with Gasteiger partial charge in [0.1, 0.15) is 0 Å². The van der Waals surface area contributed by atoms with Crippen molar-refractivity contribution in [3.05, 3.63) is 0 Å². The molecule has 3 atom stereocenters. The molecule has 0 aromatic carbocycles. The van der Waals surface area contributed by atoms with Crippen LogP contribution >= 0.6 is 12.6 Å². The van der Waals surface area contributed by atoms with Crippen LogP contribution in [0.25, 0.3) is 0 Å². The van der Waals surface area contributed by atoms with Gasteiger partial charge in [-0.3, -0.25) is 0 Å². The molecule has 15 heavy (non-hydrogen) atoms. The second-order valence-electron chi connectivity index (χ2n) is 5.43. The van der Waals surface area contributed by atoms with E-state index in [1.165, 1.54) is 38.8 Å². The summed E-state index contributed by atoms with van der Waals surface area (Å²) in [6, 6.07) is 0.810. The minimum Gasteiger partial charge on any atom is -0.300 e. The zero-order valence-electron chi connectivity index (χ0n) is 10.6. The minimum atomic E-state index is 0.810. The van der Waals surface area contributed by atoms with Gasteiger partial charge in [0.15, 0.2) is 0 Å². The Labute approximate surface area is 101 Å². The summed E-state index contributed by atoms with van der Waals surface area (Å²) in [5, 5.41) is 0. The first-order valence-electron chi connectivity index (χ1n) is 6.48. The predicted octanol–water partition coefficient (Wildman–Crippen LogP) is 3.45. The van der Waals surface area contributed by atoms with E-state index in [2.05, 4.69) is 38.3 Å². The second-order valence-corrected chi connectivity index (χ2v) is 5.88. The Kier molecular flexibility index (Phi) is 6.06. The van der Waals surface area contributed by atoms with Crippen LogP contribution in [0.15, 0.2) is 0 Å². The summed E-state index contributed by atoms with van der Waals surface area (Å²) >= 11 is 4.30. The van der Waals surface area contributed by atoms with Crippen LogP contribution in [-0.2, 0) is 0 Å². The Morgan fingerprint density at radius 3 is 2.67 bits per heavy atom. The van der Waals surface area contributed by atoms with Crippen LogP contribution in [0, 0.1) is 11.8 Å². The maximum Gasteiger partial charge on any atom is 0.00671 e. The van der Waals surface area contributed by atoms with Crippen molar-refractivity contribution in [3.63, 3.8) is 0 Å². The van der Waals surface area contributed by atoms with Crippen LogP contribution in [0.3, 0.4) is 0 Å². The Morgan fingerprint density at radius 1 is 1.27 bits per heavy atom. The van der Waals surface area contributed by atoms with E-state index < -0.39 is 0 Å². The van der Waals surface area contributed by atoms with Crippen LogP contribution in [0.2, 0.25) is 0 Å². The summed E-state index contributed by atoms with van der Waals surface area (Å²) in [5.41, 5.74) is 0. The van der Waals surface area contributed by atoms with Gasteiger partial charge in [0.05, 0.1) is 0 Å². The first-order valence-corrected chi connectivity index (χ1v) is 7.11. The molecular weight excluding hydrogens is 202 g/mol. The molecular formula is C13H27NS. The van der Waals surface area contributed by atoms with E-state index in [9.17, 15) is 0 Å². The van der Waals surface area contributed by atoms with E-state index in [1.54, 1.807) is 0 Å². The number of hydrogen-bond acceptors (Lipinski definition) is 2. The monoisotopic (exact) mass is 229 g/mol. The molecule has 0 spiro atoms. The average molecular weight is 229 g/mol. The largest absolute Gasteiger partial charge is 0.300 e. The van der Waals surface area contributed by atoms with Gasteiger partial charge >= 0.3 is 0 Å². The highest BCUT2D eigenvalue weighted by atomic mass is 32.1. The highest BCUT2D eigenvalue weighted by Crippen LogP contribution is 2.22. The smallest absolute Gasteiger partial charge is 0.00671 e. The van der Waals surface area contributed by atoms with Gasteiger partial charge in [-0.2, -0.15) is 12.6 Å². The lowest BCUT2D eigenvalue weighted by molar-refractivity contribution is 0.118. The van der Waals surface area contributed by atoms with Gasteiger partial charge in [0.25, 0.3) is 0 Å². The van der Waals surface area contributed by atoms with Crippen LogP contribution in [0.5, 0.6) is 0 Å². The lowest BCUT2D eigenvalue weighted by atomic mass is 9.94. The molecule has 0 bridgehead atoms. The third-order valence-corrected chi connectivity index (χ3v) is 4.04. The van der Waals surface area contributed by atoms with Gasteiger partial charge in [-0.25, -0.2) is 0 Å². The van der Waals surface area contributed by atoms with E-state index in [4.69, 9.17) is 0 Å². The van der Waals surface area contributed by atoms with E-state index in [0.29, 0.717) is 0 Å². The molecule has 3 unspecified atom stereocenters. The standard InChI is InChI=1S/C13H27NS/c1-11(7-9-15)6-8-14-10-12(2)4-5-13(14)3/h11-13,15H,4-10H2,1-3H3. The van der Waals surface area contributed by atoms with E-state index in [-0.39, 0.29) is 0 Å². The van der Waals surface area contributed by atoms with Crippen molar-refractivity contribution in [2.75, 3.05) is 18.8 Å².